The topological polar surface area (TPSA) is 71.2 Å². The zero-order chi connectivity index (χ0) is 18.0. The Balaban J connectivity index is 1.72. The lowest BCUT2D eigenvalue weighted by atomic mass is 9.87. The average Bonchev–Trinajstić information content (AvgIpc) is 2.96. The first-order valence-electron chi connectivity index (χ1n) is 9.07. The molecule has 0 saturated carbocycles. The first-order chi connectivity index (χ1) is 12.0. The van der Waals surface area contributed by atoms with Gasteiger partial charge in [0.1, 0.15) is 0 Å². The largest absolute Gasteiger partial charge is 0.452 e. The zero-order valence-electron chi connectivity index (χ0n) is 15.1. The molecule has 1 aromatic carbocycles. The van der Waals surface area contributed by atoms with E-state index < -0.39 is 5.97 Å². The first kappa shape index (κ1) is 17.5. The first-order valence-corrected chi connectivity index (χ1v) is 9.07. The van der Waals surface area contributed by atoms with E-state index in [2.05, 4.69) is 17.2 Å². The van der Waals surface area contributed by atoms with Crippen LogP contribution in [-0.2, 0) is 22.4 Å². The lowest BCUT2D eigenvalue weighted by molar-refractivity contribution is -0.124. The Labute approximate surface area is 148 Å². The maximum Gasteiger partial charge on any atom is 0.338 e. The van der Waals surface area contributed by atoms with Gasteiger partial charge in [0.05, 0.1) is 5.56 Å². The van der Waals surface area contributed by atoms with E-state index in [-0.39, 0.29) is 18.6 Å². The van der Waals surface area contributed by atoms with Crippen LogP contribution in [0.1, 0.15) is 55.2 Å². The number of amides is 1. The number of fused-ring (bicyclic) bond motifs is 3. The van der Waals surface area contributed by atoms with Gasteiger partial charge in [-0.05, 0) is 62.3 Å². The van der Waals surface area contributed by atoms with Crippen LogP contribution in [0.4, 0.5) is 0 Å². The standard InChI is InChI=1S/C20H26N2O3/c1-4-13(3)21-19(23)11-25-20(24)14-6-8-18-16(10-14)15-9-12(2)5-7-17(15)22-18/h6,8,10,12-13,22H,4-5,7,9,11H2,1-3H3,(H,21,23). The average molecular weight is 342 g/mol. The summed E-state index contributed by atoms with van der Waals surface area (Å²) in [6.45, 7) is 5.92. The van der Waals surface area contributed by atoms with Gasteiger partial charge in [0.2, 0.25) is 0 Å². The summed E-state index contributed by atoms with van der Waals surface area (Å²) in [7, 11) is 0. The molecule has 1 aromatic heterocycles. The zero-order valence-corrected chi connectivity index (χ0v) is 15.1. The number of carbonyl (C=O) groups is 2. The van der Waals surface area contributed by atoms with Crippen LogP contribution in [0.3, 0.4) is 0 Å². The lowest BCUT2D eigenvalue weighted by Crippen LogP contribution is -2.35. The van der Waals surface area contributed by atoms with E-state index in [0.29, 0.717) is 11.5 Å². The van der Waals surface area contributed by atoms with Crippen molar-refractivity contribution in [1.82, 2.24) is 10.3 Å². The summed E-state index contributed by atoms with van der Waals surface area (Å²) < 4.78 is 5.16. The highest BCUT2D eigenvalue weighted by molar-refractivity contribution is 5.97. The van der Waals surface area contributed by atoms with Crippen molar-refractivity contribution in [2.75, 3.05) is 6.61 Å². The van der Waals surface area contributed by atoms with Gasteiger partial charge in [-0.15, -0.1) is 0 Å². The molecule has 0 radical (unpaired) electrons. The van der Waals surface area contributed by atoms with Gasteiger partial charge in [-0.3, -0.25) is 4.79 Å². The number of benzene rings is 1. The van der Waals surface area contributed by atoms with E-state index in [1.54, 1.807) is 6.07 Å². The fourth-order valence-corrected chi connectivity index (χ4v) is 3.35. The molecule has 0 fully saturated rings. The monoisotopic (exact) mass is 342 g/mol. The normalized spacial score (nSPS) is 17.8. The molecule has 1 heterocycles. The van der Waals surface area contributed by atoms with Crippen molar-refractivity contribution < 1.29 is 14.3 Å². The van der Waals surface area contributed by atoms with Crippen molar-refractivity contribution in [1.29, 1.82) is 0 Å². The van der Waals surface area contributed by atoms with E-state index in [4.69, 9.17) is 4.74 Å². The van der Waals surface area contributed by atoms with Crippen LogP contribution in [-0.4, -0.2) is 29.5 Å². The van der Waals surface area contributed by atoms with E-state index in [1.807, 2.05) is 26.0 Å². The maximum absolute atomic E-state index is 12.3. The van der Waals surface area contributed by atoms with Crippen molar-refractivity contribution in [3.63, 3.8) is 0 Å². The van der Waals surface area contributed by atoms with E-state index >= 15 is 0 Å². The molecule has 134 valence electrons. The summed E-state index contributed by atoms with van der Waals surface area (Å²) in [5.74, 6) is -0.0667. The highest BCUT2D eigenvalue weighted by Crippen LogP contribution is 2.32. The Kier molecular flexibility index (Phi) is 5.11. The third-order valence-corrected chi connectivity index (χ3v) is 5.02. The minimum atomic E-state index is -0.458. The predicted molar refractivity (Wildman–Crippen MR) is 97.7 cm³/mol. The van der Waals surface area contributed by atoms with Crippen LogP contribution in [0.15, 0.2) is 18.2 Å². The minimum absolute atomic E-state index is 0.0796. The number of esters is 1. The lowest BCUT2D eigenvalue weighted by Gasteiger charge is -2.18. The summed E-state index contributed by atoms with van der Waals surface area (Å²) in [4.78, 5) is 27.5. The number of nitrogens with one attached hydrogen (secondary N) is 2. The second-order valence-corrected chi connectivity index (χ2v) is 7.14. The van der Waals surface area contributed by atoms with Crippen LogP contribution in [0.25, 0.3) is 10.9 Å². The second-order valence-electron chi connectivity index (χ2n) is 7.14. The number of hydrogen-bond donors (Lipinski definition) is 2. The molecule has 2 unspecified atom stereocenters. The van der Waals surface area contributed by atoms with Crippen molar-refractivity contribution in [2.45, 2.75) is 52.5 Å². The SMILES string of the molecule is CCC(C)NC(=O)COC(=O)c1ccc2[nH]c3c(c2c1)CC(C)CC3. The van der Waals surface area contributed by atoms with Crippen LogP contribution in [0, 0.1) is 5.92 Å². The molecule has 2 atom stereocenters. The fourth-order valence-electron chi connectivity index (χ4n) is 3.35. The number of H-pyrrole nitrogens is 1. The molecule has 5 heteroatoms. The molecule has 0 bridgehead atoms. The summed E-state index contributed by atoms with van der Waals surface area (Å²) in [6, 6.07) is 5.64. The highest BCUT2D eigenvalue weighted by atomic mass is 16.5. The van der Waals surface area contributed by atoms with Crippen molar-refractivity contribution >= 4 is 22.8 Å². The van der Waals surface area contributed by atoms with Crippen molar-refractivity contribution in [3.05, 3.63) is 35.0 Å². The minimum Gasteiger partial charge on any atom is -0.452 e. The highest BCUT2D eigenvalue weighted by Gasteiger charge is 2.21. The molecular formula is C20H26N2O3. The second kappa shape index (κ2) is 7.30. The fraction of sp³-hybridized carbons (Fsp3) is 0.500. The number of aromatic nitrogens is 1. The molecule has 25 heavy (non-hydrogen) atoms. The summed E-state index contributed by atoms with van der Waals surface area (Å²) in [6.07, 6.45) is 4.12. The molecule has 0 aliphatic heterocycles. The molecule has 3 rings (SSSR count). The molecule has 5 nitrogen and oxygen atoms in total. The molecule has 2 aromatic rings. The molecule has 2 N–H and O–H groups in total. The van der Waals surface area contributed by atoms with Gasteiger partial charge in [0, 0.05) is 22.6 Å². The van der Waals surface area contributed by atoms with Crippen LogP contribution >= 0.6 is 0 Å². The van der Waals surface area contributed by atoms with Crippen LogP contribution in [0.2, 0.25) is 0 Å². The number of aromatic amines is 1. The Morgan fingerprint density at radius 3 is 2.96 bits per heavy atom. The molecule has 1 aliphatic carbocycles. The maximum atomic E-state index is 12.3. The third-order valence-electron chi connectivity index (χ3n) is 5.02. The van der Waals surface area contributed by atoms with E-state index in [9.17, 15) is 9.59 Å². The number of hydrogen-bond acceptors (Lipinski definition) is 3. The van der Waals surface area contributed by atoms with Crippen LogP contribution < -0.4 is 5.32 Å². The van der Waals surface area contributed by atoms with E-state index in [0.717, 1.165) is 30.2 Å². The van der Waals surface area contributed by atoms with Crippen molar-refractivity contribution in [3.8, 4) is 0 Å². The summed E-state index contributed by atoms with van der Waals surface area (Å²) in [5, 5.41) is 3.88. The molecular weight excluding hydrogens is 316 g/mol. The van der Waals surface area contributed by atoms with Gasteiger partial charge in [-0.2, -0.15) is 0 Å². The Morgan fingerprint density at radius 2 is 2.20 bits per heavy atom. The smallest absolute Gasteiger partial charge is 0.338 e. The molecule has 0 saturated heterocycles. The van der Waals surface area contributed by atoms with E-state index in [1.165, 1.54) is 17.7 Å². The van der Waals surface area contributed by atoms with Crippen LogP contribution in [0.5, 0.6) is 0 Å². The van der Waals surface area contributed by atoms with Gasteiger partial charge in [-0.25, -0.2) is 4.79 Å². The Morgan fingerprint density at radius 1 is 1.40 bits per heavy atom. The number of aryl methyl sites for hydroxylation is 1. The van der Waals surface area contributed by atoms with Gasteiger partial charge in [0.25, 0.3) is 5.91 Å². The van der Waals surface area contributed by atoms with Gasteiger partial charge in [0.15, 0.2) is 6.61 Å². The Hall–Kier alpha value is -2.30. The summed E-state index contributed by atoms with van der Waals surface area (Å²) in [5.41, 5.74) is 4.15. The quantitative estimate of drug-likeness (QED) is 0.819. The molecule has 1 amide bonds. The molecule has 1 aliphatic rings. The Bertz CT molecular complexity index is 794. The van der Waals surface area contributed by atoms with Gasteiger partial charge >= 0.3 is 5.97 Å². The third kappa shape index (κ3) is 3.86. The summed E-state index contributed by atoms with van der Waals surface area (Å²) >= 11 is 0. The van der Waals surface area contributed by atoms with Gasteiger partial charge < -0.3 is 15.0 Å². The number of rotatable bonds is 5. The van der Waals surface area contributed by atoms with Gasteiger partial charge in [-0.1, -0.05) is 13.8 Å². The number of carbonyl (C=O) groups excluding carboxylic acids is 2. The predicted octanol–water partition coefficient (Wildman–Crippen LogP) is 3.36. The number of ether oxygens (including phenoxy) is 1. The molecule has 0 spiro atoms. The van der Waals surface area contributed by atoms with Crippen molar-refractivity contribution in [2.24, 2.45) is 5.92 Å².